The molecule has 0 saturated heterocycles. The van der Waals surface area contributed by atoms with Crippen LogP contribution in [0.3, 0.4) is 0 Å². The summed E-state index contributed by atoms with van der Waals surface area (Å²) in [5.41, 5.74) is 0. The van der Waals surface area contributed by atoms with Gasteiger partial charge in [-0.2, -0.15) is 0 Å². The first-order valence-corrected chi connectivity index (χ1v) is 16.3. The summed E-state index contributed by atoms with van der Waals surface area (Å²) in [6, 6.07) is 0. The van der Waals surface area contributed by atoms with E-state index in [0.717, 1.165) is 0 Å². The number of aliphatic hydroxyl groups excluding tert-OH is 3. The fourth-order valence-electron chi connectivity index (χ4n) is 3.69. The third-order valence-electron chi connectivity index (χ3n) is 6.08. The van der Waals surface area contributed by atoms with Crippen LogP contribution in [0.2, 0.25) is 0 Å². The lowest BCUT2D eigenvalue weighted by Crippen LogP contribution is -2.81. The van der Waals surface area contributed by atoms with Crippen molar-refractivity contribution >= 4 is 22.8 Å². The van der Waals surface area contributed by atoms with Gasteiger partial charge in [0, 0.05) is 0 Å². The molecule has 9 atom stereocenters. The van der Waals surface area contributed by atoms with E-state index in [9.17, 15) is 59.0 Å². The molecule has 0 bridgehead atoms. The standard InChI is InChI=1S/C18H39O15P3/c1-4-7-10-31-34(25,26)16(22)13(19)14(20)17(23,35(27,28)32-11-8-5-2)18(24,15(16)21)36(29,30)33-12-9-6-3/h13-15,19-24H,4-12H2,1-3H3,(H,25,26)(H,27,28)(H,29,30)/t13-,14+,15+,16+,17+,18+/m0/s1. The fraction of sp³-hybridized carbons (Fsp3) is 1.00. The van der Waals surface area contributed by atoms with Crippen molar-refractivity contribution in [3.63, 3.8) is 0 Å². The lowest BCUT2D eigenvalue weighted by atomic mass is 9.83. The van der Waals surface area contributed by atoms with Crippen molar-refractivity contribution in [2.45, 2.75) is 93.6 Å². The number of hydrogen-bond acceptors (Lipinski definition) is 12. The van der Waals surface area contributed by atoms with Gasteiger partial charge < -0.3 is 58.9 Å². The Balaban J connectivity index is 3.87. The lowest BCUT2D eigenvalue weighted by Gasteiger charge is -2.58. The minimum Gasteiger partial charge on any atom is -0.386 e. The van der Waals surface area contributed by atoms with Crippen LogP contribution in [-0.4, -0.2) is 99.5 Å². The van der Waals surface area contributed by atoms with E-state index in [1.54, 1.807) is 20.8 Å². The molecule has 1 aliphatic carbocycles. The summed E-state index contributed by atoms with van der Waals surface area (Å²) in [7, 11) is -17.7. The summed E-state index contributed by atoms with van der Waals surface area (Å²) in [6.45, 7) is 3.22. The second kappa shape index (κ2) is 12.6. The van der Waals surface area contributed by atoms with Gasteiger partial charge in [-0.3, -0.25) is 13.7 Å². The van der Waals surface area contributed by atoms with Crippen LogP contribution in [-0.2, 0) is 27.3 Å². The highest BCUT2D eigenvalue weighted by Crippen LogP contribution is 2.77. The van der Waals surface area contributed by atoms with E-state index < -0.39 is 76.9 Å². The molecule has 15 nitrogen and oxygen atoms in total. The summed E-state index contributed by atoms with van der Waals surface area (Å²) in [4.78, 5) is 31.6. The van der Waals surface area contributed by atoms with Crippen LogP contribution in [0.4, 0.5) is 0 Å². The fourth-order valence-corrected chi connectivity index (χ4v) is 9.32. The van der Waals surface area contributed by atoms with Crippen LogP contribution in [0.1, 0.15) is 59.3 Å². The Morgan fingerprint density at radius 2 is 0.944 bits per heavy atom. The monoisotopic (exact) mass is 588 g/mol. The Hall–Kier alpha value is 0.210. The van der Waals surface area contributed by atoms with E-state index in [0.29, 0.717) is 19.3 Å². The van der Waals surface area contributed by atoms with Gasteiger partial charge in [-0.05, 0) is 19.3 Å². The maximum atomic E-state index is 13.3. The molecule has 216 valence electrons. The smallest absolute Gasteiger partial charge is 0.366 e. The van der Waals surface area contributed by atoms with Crippen LogP contribution in [0.15, 0.2) is 0 Å². The van der Waals surface area contributed by atoms with Crippen LogP contribution in [0.5, 0.6) is 0 Å². The zero-order chi connectivity index (χ0) is 28.2. The second-order valence-electron chi connectivity index (χ2n) is 8.65. The predicted octanol–water partition coefficient (Wildman–Crippen LogP) is 0.155. The van der Waals surface area contributed by atoms with Gasteiger partial charge in [0.2, 0.25) is 16.0 Å². The normalized spacial score (nSPS) is 38.2. The van der Waals surface area contributed by atoms with Gasteiger partial charge in [-0.25, -0.2) is 0 Å². The third-order valence-corrected chi connectivity index (χ3v) is 12.2. The number of hydrogen-bond donors (Lipinski definition) is 9. The first kappa shape index (κ1) is 34.2. The maximum Gasteiger partial charge on any atom is 0.366 e. The van der Waals surface area contributed by atoms with Gasteiger partial charge in [0.05, 0.1) is 19.8 Å². The van der Waals surface area contributed by atoms with Gasteiger partial charge in [-0.15, -0.1) is 0 Å². The SMILES string of the molecule is CCCCOP(=O)(O)[C@@]1(O)[C@@H](O)[C@@](O)(P(=O)(O)OCCCC)[C@](O)(P(=O)(O)OCCCC)[C@H](O)[C@@H]1O. The minimum atomic E-state index is -6.04. The highest BCUT2D eigenvalue weighted by atomic mass is 31.2. The van der Waals surface area contributed by atoms with Crippen molar-refractivity contribution in [3.05, 3.63) is 0 Å². The molecule has 0 radical (unpaired) electrons. The van der Waals surface area contributed by atoms with Gasteiger partial charge in [0.25, 0.3) is 0 Å². The van der Waals surface area contributed by atoms with Crippen molar-refractivity contribution in [3.8, 4) is 0 Å². The van der Waals surface area contributed by atoms with E-state index in [1.807, 2.05) is 0 Å². The average Bonchev–Trinajstić information content (AvgIpc) is 2.80. The topological polar surface area (TPSA) is 261 Å². The van der Waals surface area contributed by atoms with E-state index in [2.05, 4.69) is 0 Å². The maximum absolute atomic E-state index is 13.3. The van der Waals surface area contributed by atoms with Crippen molar-refractivity contribution in [2.75, 3.05) is 19.8 Å². The molecule has 1 aliphatic rings. The molecule has 18 heteroatoms. The van der Waals surface area contributed by atoms with Crippen LogP contribution in [0, 0.1) is 0 Å². The molecular weight excluding hydrogens is 549 g/mol. The Bertz CT molecular complexity index is 873. The second-order valence-corrected chi connectivity index (χ2v) is 14.6. The molecule has 0 heterocycles. The summed E-state index contributed by atoms with van der Waals surface area (Å²) < 4.78 is 53.5. The summed E-state index contributed by atoms with van der Waals surface area (Å²) in [5, 5.41) is 53.1. The minimum absolute atomic E-state index is 0.0764. The summed E-state index contributed by atoms with van der Waals surface area (Å²) >= 11 is 0. The van der Waals surface area contributed by atoms with Crippen molar-refractivity contribution in [2.24, 2.45) is 0 Å². The molecule has 0 aliphatic heterocycles. The van der Waals surface area contributed by atoms with Crippen molar-refractivity contribution < 1.29 is 72.6 Å². The highest BCUT2D eigenvalue weighted by molar-refractivity contribution is 7.59. The summed E-state index contributed by atoms with van der Waals surface area (Å²) in [6.07, 6.45) is -8.55. The zero-order valence-corrected chi connectivity index (χ0v) is 23.1. The molecule has 36 heavy (non-hydrogen) atoms. The van der Waals surface area contributed by atoms with E-state index in [-0.39, 0.29) is 19.3 Å². The van der Waals surface area contributed by atoms with Crippen molar-refractivity contribution in [1.29, 1.82) is 0 Å². The quantitative estimate of drug-likeness (QED) is 0.0911. The molecule has 0 aromatic heterocycles. The average molecular weight is 588 g/mol. The highest BCUT2D eigenvalue weighted by Gasteiger charge is 2.87. The molecule has 1 saturated carbocycles. The van der Waals surface area contributed by atoms with Crippen LogP contribution in [0.25, 0.3) is 0 Å². The van der Waals surface area contributed by atoms with E-state index >= 15 is 0 Å². The third kappa shape index (κ3) is 5.58. The summed E-state index contributed by atoms with van der Waals surface area (Å²) in [5.74, 6) is 0. The first-order valence-electron chi connectivity index (χ1n) is 11.5. The Labute approximate surface area is 209 Å². The Kier molecular flexibility index (Phi) is 12.0. The van der Waals surface area contributed by atoms with Gasteiger partial charge in [0.1, 0.15) is 18.3 Å². The molecule has 0 aromatic carbocycles. The van der Waals surface area contributed by atoms with Crippen molar-refractivity contribution in [1.82, 2.24) is 0 Å². The largest absolute Gasteiger partial charge is 0.386 e. The number of aliphatic hydroxyl groups is 6. The Morgan fingerprint density at radius 1 is 0.611 bits per heavy atom. The molecule has 1 fully saturated rings. The van der Waals surface area contributed by atoms with Crippen LogP contribution >= 0.6 is 22.8 Å². The van der Waals surface area contributed by atoms with Crippen LogP contribution < -0.4 is 0 Å². The molecule has 0 aromatic rings. The number of unbranched alkanes of at least 4 members (excludes halogenated alkanes) is 3. The molecule has 0 spiro atoms. The Morgan fingerprint density at radius 3 is 1.31 bits per heavy atom. The zero-order valence-electron chi connectivity index (χ0n) is 20.4. The first-order chi connectivity index (χ1) is 16.4. The molecule has 3 unspecified atom stereocenters. The molecular formula is C18H39O15P3. The number of rotatable bonds is 15. The van der Waals surface area contributed by atoms with E-state index in [1.165, 1.54) is 0 Å². The van der Waals surface area contributed by atoms with E-state index in [4.69, 9.17) is 13.6 Å². The van der Waals surface area contributed by atoms with Gasteiger partial charge in [0.15, 0.2) is 0 Å². The predicted molar refractivity (Wildman–Crippen MR) is 125 cm³/mol. The van der Waals surface area contributed by atoms with Gasteiger partial charge >= 0.3 is 22.8 Å². The molecule has 9 N–H and O–H groups in total. The molecule has 1 rings (SSSR count). The lowest BCUT2D eigenvalue weighted by molar-refractivity contribution is -0.282. The molecule has 0 amide bonds. The van der Waals surface area contributed by atoms with Gasteiger partial charge in [-0.1, -0.05) is 40.0 Å².